The van der Waals surface area contributed by atoms with Gasteiger partial charge in [0.15, 0.2) is 0 Å². The van der Waals surface area contributed by atoms with Crippen molar-refractivity contribution in [3.8, 4) is 0 Å². The molecule has 1 aromatic carbocycles. The Hall–Kier alpha value is -1.41. The molecule has 1 aromatic heterocycles. The van der Waals surface area contributed by atoms with Gasteiger partial charge >= 0.3 is 5.97 Å². The second kappa shape index (κ2) is 5.92. The Balaban J connectivity index is 2.74. The molecule has 8 heteroatoms. The molecule has 0 unspecified atom stereocenters. The Morgan fingerprint density at radius 2 is 2.20 bits per heavy atom. The highest BCUT2D eigenvalue weighted by atomic mass is 79.9. The van der Waals surface area contributed by atoms with E-state index in [1.54, 1.807) is 12.1 Å². The fourth-order valence-electron chi connectivity index (χ4n) is 1.74. The van der Waals surface area contributed by atoms with Gasteiger partial charge in [0.1, 0.15) is 16.9 Å². The first kappa shape index (κ1) is 15.0. The van der Waals surface area contributed by atoms with Gasteiger partial charge in [0.2, 0.25) is 0 Å². The zero-order valence-electron chi connectivity index (χ0n) is 10.3. The van der Waals surface area contributed by atoms with Gasteiger partial charge in [-0.25, -0.2) is 13.5 Å². The number of hydrogen-bond donors (Lipinski definition) is 0. The second-order valence-corrected chi connectivity index (χ2v) is 5.22. The minimum atomic E-state index is -2.77. The van der Waals surface area contributed by atoms with E-state index in [1.807, 2.05) is 0 Å². The highest BCUT2D eigenvalue weighted by Gasteiger charge is 2.18. The summed E-state index contributed by atoms with van der Waals surface area (Å²) < 4.78 is 32.6. The Labute approximate surface area is 126 Å². The molecule has 0 aliphatic heterocycles. The van der Waals surface area contributed by atoms with Gasteiger partial charge in [0, 0.05) is 15.2 Å². The molecule has 4 nitrogen and oxygen atoms in total. The summed E-state index contributed by atoms with van der Waals surface area (Å²) in [4.78, 5) is 11.3. The first-order valence-corrected chi connectivity index (χ1v) is 6.69. The third-order valence-corrected chi connectivity index (χ3v) is 3.59. The van der Waals surface area contributed by atoms with Crippen LogP contribution in [0.3, 0.4) is 0 Å². The van der Waals surface area contributed by atoms with E-state index in [-0.39, 0.29) is 16.6 Å². The predicted octanol–water partition coefficient (Wildman–Crippen LogP) is 3.64. The standard InChI is InChI=1S/C12H9BrF2N2O2S/c1-19-9(18)5-17-12(20)8-4-6(13)2-3-7(8)10(16-17)11(14)15/h2-4,11H,5H2,1H3. The number of aromatic nitrogens is 2. The van der Waals surface area contributed by atoms with Crippen molar-refractivity contribution in [1.29, 1.82) is 0 Å². The van der Waals surface area contributed by atoms with E-state index in [0.29, 0.717) is 9.86 Å². The van der Waals surface area contributed by atoms with Gasteiger partial charge in [-0.3, -0.25) is 4.79 Å². The van der Waals surface area contributed by atoms with Crippen molar-refractivity contribution >= 4 is 44.9 Å². The summed E-state index contributed by atoms with van der Waals surface area (Å²) >= 11 is 8.45. The smallest absolute Gasteiger partial charge is 0.327 e. The zero-order valence-corrected chi connectivity index (χ0v) is 12.7. The highest BCUT2D eigenvalue weighted by molar-refractivity contribution is 9.10. The normalized spacial score (nSPS) is 11.1. The van der Waals surface area contributed by atoms with E-state index in [4.69, 9.17) is 12.2 Å². The Morgan fingerprint density at radius 1 is 1.50 bits per heavy atom. The monoisotopic (exact) mass is 362 g/mol. The number of esters is 1. The number of alkyl halides is 2. The fourth-order valence-corrected chi connectivity index (χ4v) is 2.38. The van der Waals surface area contributed by atoms with Crippen molar-refractivity contribution < 1.29 is 18.3 Å². The van der Waals surface area contributed by atoms with E-state index in [2.05, 4.69) is 25.8 Å². The molecule has 0 atom stereocenters. The van der Waals surface area contributed by atoms with Crippen LogP contribution in [0.4, 0.5) is 8.78 Å². The number of rotatable bonds is 3. The molecule has 0 bridgehead atoms. The topological polar surface area (TPSA) is 44.1 Å². The molecule has 0 N–H and O–H groups in total. The van der Waals surface area contributed by atoms with E-state index >= 15 is 0 Å². The maximum absolute atomic E-state index is 13.1. The molecule has 2 rings (SSSR count). The molecule has 0 aliphatic carbocycles. The Morgan fingerprint density at radius 3 is 2.80 bits per heavy atom. The van der Waals surface area contributed by atoms with Crippen molar-refractivity contribution in [3.63, 3.8) is 0 Å². The van der Waals surface area contributed by atoms with Gasteiger partial charge in [-0.15, -0.1) is 0 Å². The van der Waals surface area contributed by atoms with Gasteiger partial charge in [0.25, 0.3) is 6.43 Å². The third-order valence-electron chi connectivity index (χ3n) is 2.66. The minimum Gasteiger partial charge on any atom is -0.468 e. The molecule has 0 fully saturated rings. The van der Waals surface area contributed by atoms with Crippen LogP contribution in [0.2, 0.25) is 0 Å². The van der Waals surface area contributed by atoms with Crippen LogP contribution in [-0.2, 0) is 16.1 Å². The Bertz CT molecular complexity index is 733. The number of benzene rings is 1. The second-order valence-electron chi connectivity index (χ2n) is 3.91. The summed E-state index contributed by atoms with van der Waals surface area (Å²) in [6.45, 7) is -0.308. The molecule has 0 spiro atoms. The average Bonchev–Trinajstić information content (AvgIpc) is 2.41. The highest BCUT2D eigenvalue weighted by Crippen LogP contribution is 2.28. The van der Waals surface area contributed by atoms with Gasteiger partial charge in [0.05, 0.1) is 7.11 Å². The number of ether oxygens (including phenoxy) is 1. The van der Waals surface area contributed by atoms with Crippen LogP contribution in [0, 0.1) is 4.64 Å². The van der Waals surface area contributed by atoms with Crippen LogP contribution in [0.5, 0.6) is 0 Å². The number of hydrogen-bond acceptors (Lipinski definition) is 4. The van der Waals surface area contributed by atoms with Crippen LogP contribution >= 0.6 is 28.1 Å². The molecule has 0 saturated carbocycles. The van der Waals surface area contributed by atoms with Gasteiger partial charge in [-0.05, 0) is 12.1 Å². The molecule has 2 aromatic rings. The molecular formula is C12H9BrF2N2O2S. The van der Waals surface area contributed by atoms with Gasteiger partial charge in [-0.1, -0.05) is 34.2 Å². The lowest BCUT2D eigenvalue weighted by Gasteiger charge is -2.11. The first-order valence-electron chi connectivity index (χ1n) is 5.49. The van der Waals surface area contributed by atoms with E-state index in [1.165, 1.54) is 13.2 Å². The van der Waals surface area contributed by atoms with E-state index < -0.39 is 18.1 Å². The predicted molar refractivity (Wildman–Crippen MR) is 75.2 cm³/mol. The Kier molecular flexibility index (Phi) is 4.44. The summed E-state index contributed by atoms with van der Waals surface area (Å²) in [5.74, 6) is -0.608. The molecule has 0 aliphatic rings. The molecule has 0 amide bonds. The lowest BCUT2D eigenvalue weighted by molar-refractivity contribution is -0.141. The fraction of sp³-hybridized carbons (Fsp3) is 0.250. The van der Waals surface area contributed by atoms with Crippen LogP contribution in [-0.4, -0.2) is 22.9 Å². The van der Waals surface area contributed by atoms with Crippen LogP contribution in [0.1, 0.15) is 12.1 Å². The molecule has 0 radical (unpaired) electrons. The molecule has 106 valence electrons. The quantitative estimate of drug-likeness (QED) is 0.617. The number of carbonyl (C=O) groups excluding carboxylic acids is 1. The molecular weight excluding hydrogens is 354 g/mol. The third kappa shape index (κ3) is 2.85. The summed E-state index contributed by atoms with van der Waals surface area (Å²) in [7, 11) is 1.21. The SMILES string of the molecule is COC(=O)Cn1nc(C(F)F)c2ccc(Br)cc2c1=S. The number of halogens is 3. The number of carbonyl (C=O) groups is 1. The van der Waals surface area contributed by atoms with Gasteiger partial charge < -0.3 is 4.74 Å². The number of fused-ring (bicyclic) bond motifs is 1. The maximum Gasteiger partial charge on any atom is 0.327 e. The molecule has 0 saturated heterocycles. The van der Waals surface area contributed by atoms with Crippen LogP contribution < -0.4 is 0 Å². The van der Waals surface area contributed by atoms with Crippen molar-refractivity contribution in [2.45, 2.75) is 13.0 Å². The average molecular weight is 363 g/mol. The first-order chi connectivity index (χ1) is 9.43. The lowest BCUT2D eigenvalue weighted by Crippen LogP contribution is -2.17. The van der Waals surface area contributed by atoms with E-state index in [9.17, 15) is 13.6 Å². The lowest BCUT2D eigenvalue weighted by atomic mass is 10.1. The van der Waals surface area contributed by atoms with E-state index in [0.717, 1.165) is 4.68 Å². The van der Waals surface area contributed by atoms with Crippen molar-refractivity contribution in [2.24, 2.45) is 0 Å². The molecule has 1 heterocycles. The summed E-state index contributed by atoms with van der Waals surface area (Å²) in [6, 6.07) is 4.78. The van der Waals surface area contributed by atoms with Crippen LogP contribution in [0.15, 0.2) is 22.7 Å². The van der Waals surface area contributed by atoms with Crippen molar-refractivity contribution in [2.75, 3.05) is 7.11 Å². The summed E-state index contributed by atoms with van der Waals surface area (Å²) in [6.07, 6.45) is -2.77. The minimum absolute atomic E-state index is 0.205. The van der Waals surface area contributed by atoms with Gasteiger partial charge in [-0.2, -0.15) is 5.10 Å². The van der Waals surface area contributed by atoms with Crippen molar-refractivity contribution in [1.82, 2.24) is 9.78 Å². The van der Waals surface area contributed by atoms with Crippen molar-refractivity contribution in [3.05, 3.63) is 33.0 Å². The van der Waals surface area contributed by atoms with Crippen LogP contribution in [0.25, 0.3) is 10.8 Å². The molecule has 20 heavy (non-hydrogen) atoms. The largest absolute Gasteiger partial charge is 0.468 e. The number of methoxy groups -OCH3 is 1. The summed E-state index contributed by atoms with van der Waals surface area (Å²) in [5.41, 5.74) is -0.412. The number of nitrogens with zero attached hydrogens (tertiary/aromatic N) is 2. The summed E-state index contributed by atoms with van der Waals surface area (Å²) in [5, 5.41) is 4.47. The zero-order chi connectivity index (χ0) is 14.9. The maximum atomic E-state index is 13.1.